The van der Waals surface area contributed by atoms with E-state index in [1.807, 2.05) is 4.90 Å². The van der Waals surface area contributed by atoms with Gasteiger partial charge in [0.1, 0.15) is 5.82 Å². The summed E-state index contributed by atoms with van der Waals surface area (Å²) in [6.07, 6.45) is 4.98. The Bertz CT molecular complexity index is 895. The monoisotopic (exact) mass is 352 g/mol. The van der Waals surface area contributed by atoms with Crippen LogP contribution in [0, 0.1) is 5.82 Å². The van der Waals surface area contributed by atoms with E-state index in [9.17, 15) is 9.18 Å². The SMILES string of the molecule is O=C(c1ccncc1)N1CCCC(c2nnc(-c3ccc(F)cc3)o2)C1. The van der Waals surface area contributed by atoms with Crippen LogP contribution in [0.2, 0.25) is 0 Å². The Balaban J connectivity index is 1.50. The van der Waals surface area contributed by atoms with Crippen molar-refractivity contribution in [1.29, 1.82) is 0 Å². The fourth-order valence-electron chi connectivity index (χ4n) is 3.15. The Kier molecular flexibility index (Phi) is 4.43. The standard InChI is InChI=1S/C19H17FN4O2/c20-16-5-3-13(4-6-16)17-22-23-18(26-17)15-2-1-11-24(12-15)19(25)14-7-9-21-10-8-14/h3-10,15H,1-2,11-12H2. The Morgan fingerprint density at radius 3 is 2.65 bits per heavy atom. The summed E-state index contributed by atoms with van der Waals surface area (Å²) in [6, 6.07) is 9.35. The molecule has 0 radical (unpaired) electrons. The number of carbonyl (C=O) groups is 1. The second kappa shape index (κ2) is 7.03. The maximum absolute atomic E-state index is 13.0. The van der Waals surface area contributed by atoms with Crippen LogP contribution < -0.4 is 0 Å². The lowest BCUT2D eigenvalue weighted by molar-refractivity contribution is 0.0698. The van der Waals surface area contributed by atoms with Crippen molar-refractivity contribution in [2.45, 2.75) is 18.8 Å². The van der Waals surface area contributed by atoms with Crippen LogP contribution in [0.15, 0.2) is 53.2 Å². The zero-order valence-electron chi connectivity index (χ0n) is 14.0. The predicted octanol–water partition coefficient (Wildman–Crippen LogP) is 3.29. The van der Waals surface area contributed by atoms with Crippen LogP contribution in [0.25, 0.3) is 11.5 Å². The molecule has 1 saturated heterocycles. The van der Waals surface area contributed by atoms with Crippen molar-refractivity contribution in [2.24, 2.45) is 0 Å². The van der Waals surface area contributed by atoms with Crippen molar-refractivity contribution in [3.63, 3.8) is 0 Å². The number of carbonyl (C=O) groups excluding carboxylic acids is 1. The molecule has 3 aromatic rings. The largest absolute Gasteiger partial charge is 0.420 e. The van der Waals surface area contributed by atoms with Gasteiger partial charge in [-0.15, -0.1) is 10.2 Å². The summed E-state index contributed by atoms with van der Waals surface area (Å²) in [5, 5.41) is 8.22. The fraction of sp³-hybridized carbons (Fsp3) is 0.263. The molecule has 1 amide bonds. The van der Waals surface area contributed by atoms with Gasteiger partial charge in [0.25, 0.3) is 5.91 Å². The van der Waals surface area contributed by atoms with Gasteiger partial charge in [0.2, 0.25) is 11.8 Å². The zero-order valence-corrected chi connectivity index (χ0v) is 14.0. The highest BCUT2D eigenvalue weighted by molar-refractivity contribution is 5.94. The van der Waals surface area contributed by atoms with E-state index >= 15 is 0 Å². The number of pyridine rings is 1. The summed E-state index contributed by atoms with van der Waals surface area (Å²) in [4.78, 5) is 18.4. The second-order valence-corrected chi connectivity index (χ2v) is 6.28. The van der Waals surface area contributed by atoms with Crippen LogP contribution >= 0.6 is 0 Å². The molecule has 0 saturated carbocycles. The average molecular weight is 352 g/mol. The first kappa shape index (κ1) is 16.4. The van der Waals surface area contributed by atoms with E-state index in [1.165, 1.54) is 12.1 Å². The maximum Gasteiger partial charge on any atom is 0.253 e. The molecular weight excluding hydrogens is 335 g/mol. The topological polar surface area (TPSA) is 72.1 Å². The predicted molar refractivity (Wildman–Crippen MR) is 91.8 cm³/mol. The molecular formula is C19H17FN4O2. The van der Waals surface area contributed by atoms with E-state index in [1.54, 1.807) is 36.7 Å². The van der Waals surface area contributed by atoms with E-state index in [0.717, 1.165) is 12.8 Å². The molecule has 1 aromatic carbocycles. The molecule has 7 heteroatoms. The van der Waals surface area contributed by atoms with Gasteiger partial charge in [-0.2, -0.15) is 0 Å². The van der Waals surface area contributed by atoms with Gasteiger partial charge in [-0.1, -0.05) is 0 Å². The summed E-state index contributed by atoms with van der Waals surface area (Å²) in [6.45, 7) is 1.24. The Morgan fingerprint density at radius 2 is 1.88 bits per heavy atom. The highest BCUT2D eigenvalue weighted by Crippen LogP contribution is 2.29. The first-order valence-electron chi connectivity index (χ1n) is 8.49. The van der Waals surface area contributed by atoms with Gasteiger partial charge < -0.3 is 9.32 Å². The molecule has 6 nitrogen and oxygen atoms in total. The number of piperidine rings is 1. The summed E-state index contributed by atoms with van der Waals surface area (Å²) in [5.41, 5.74) is 1.30. The van der Waals surface area contributed by atoms with Crippen molar-refractivity contribution >= 4 is 5.91 Å². The number of amides is 1. The highest BCUT2D eigenvalue weighted by atomic mass is 19.1. The Labute approximate surface area is 149 Å². The minimum Gasteiger partial charge on any atom is -0.420 e. The molecule has 0 N–H and O–H groups in total. The van der Waals surface area contributed by atoms with E-state index < -0.39 is 0 Å². The normalized spacial score (nSPS) is 17.3. The molecule has 0 bridgehead atoms. The molecule has 4 rings (SSSR count). The smallest absolute Gasteiger partial charge is 0.253 e. The van der Waals surface area contributed by atoms with Crippen LogP contribution in [0.1, 0.15) is 35.0 Å². The average Bonchev–Trinajstić information content (AvgIpc) is 3.19. The molecule has 0 spiro atoms. The number of rotatable bonds is 3. The second-order valence-electron chi connectivity index (χ2n) is 6.28. The molecule has 132 valence electrons. The Hall–Kier alpha value is -3.09. The first-order chi connectivity index (χ1) is 12.7. The third-order valence-electron chi connectivity index (χ3n) is 4.52. The molecule has 3 heterocycles. The van der Waals surface area contributed by atoms with Gasteiger partial charge in [0, 0.05) is 36.6 Å². The van der Waals surface area contributed by atoms with Gasteiger partial charge in [0.15, 0.2) is 0 Å². The Morgan fingerprint density at radius 1 is 1.12 bits per heavy atom. The number of benzene rings is 1. The van der Waals surface area contributed by atoms with E-state index in [-0.39, 0.29) is 17.6 Å². The number of nitrogens with zero attached hydrogens (tertiary/aromatic N) is 4. The summed E-state index contributed by atoms with van der Waals surface area (Å²) in [7, 11) is 0. The van der Waals surface area contributed by atoms with Crippen LogP contribution in [0.5, 0.6) is 0 Å². The van der Waals surface area contributed by atoms with Crippen LogP contribution in [0.3, 0.4) is 0 Å². The number of hydrogen-bond donors (Lipinski definition) is 0. The van der Waals surface area contributed by atoms with Gasteiger partial charge in [-0.3, -0.25) is 9.78 Å². The lowest BCUT2D eigenvalue weighted by Crippen LogP contribution is -2.39. The maximum atomic E-state index is 13.0. The summed E-state index contributed by atoms with van der Waals surface area (Å²) >= 11 is 0. The third kappa shape index (κ3) is 3.33. The van der Waals surface area contributed by atoms with Crippen LogP contribution in [-0.4, -0.2) is 39.1 Å². The highest BCUT2D eigenvalue weighted by Gasteiger charge is 2.29. The summed E-state index contributed by atoms with van der Waals surface area (Å²) in [5.74, 6) is 0.534. The quantitative estimate of drug-likeness (QED) is 0.723. The fourth-order valence-corrected chi connectivity index (χ4v) is 3.15. The number of halogens is 1. The van der Waals surface area contributed by atoms with Gasteiger partial charge >= 0.3 is 0 Å². The minimum absolute atomic E-state index is 0.00349. The van der Waals surface area contributed by atoms with E-state index in [2.05, 4.69) is 15.2 Å². The third-order valence-corrected chi connectivity index (χ3v) is 4.52. The summed E-state index contributed by atoms with van der Waals surface area (Å²) < 4.78 is 18.8. The molecule has 1 aliphatic heterocycles. The van der Waals surface area contributed by atoms with Crippen LogP contribution in [0.4, 0.5) is 4.39 Å². The first-order valence-corrected chi connectivity index (χ1v) is 8.49. The number of likely N-dealkylation sites (tertiary alicyclic amines) is 1. The number of aromatic nitrogens is 3. The van der Waals surface area contributed by atoms with Gasteiger partial charge in [-0.25, -0.2) is 4.39 Å². The molecule has 1 unspecified atom stereocenters. The van der Waals surface area contributed by atoms with Crippen molar-refractivity contribution in [3.05, 3.63) is 66.1 Å². The van der Waals surface area contributed by atoms with Crippen molar-refractivity contribution in [2.75, 3.05) is 13.1 Å². The minimum atomic E-state index is -0.314. The lowest BCUT2D eigenvalue weighted by atomic mass is 9.97. The van der Waals surface area contributed by atoms with Crippen molar-refractivity contribution in [3.8, 4) is 11.5 Å². The van der Waals surface area contributed by atoms with E-state index in [0.29, 0.717) is 36.0 Å². The molecule has 1 fully saturated rings. The van der Waals surface area contributed by atoms with Gasteiger partial charge in [0.05, 0.1) is 5.92 Å². The van der Waals surface area contributed by atoms with Crippen molar-refractivity contribution in [1.82, 2.24) is 20.1 Å². The molecule has 0 aliphatic carbocycles. The molecule has 1 aliphatic rings. The van der Waals surface area contributed by atoms with Gasteiger partial charge in [-0.05, 0) is 49.2 Å². The van der Waals surface area contributed by atoms with E-state index in [4.69, 9.17) is 4.42 Å². The molecule has 2 aromatic heterocycles. The molecule has 1 atom stereocenters. The lowest BCUT2D eigenvalue weighted by Gasteiger charge is -2.31. The number of hydrogen-bond acceptors (Lipinski definition) is 5. The molecule has 26 heavy (non-hydrogen) atoms. The van der Waals surface area contributed by atoms with Crippen molar-refractivity contribution < 1.29 is 13.6 Å². The van der Waals surface area contributed by atoms with Crippen LogP contribution in [-0.2, 0) is 0 Å². The zero-order chi connectivity index (χ0) is 17.9.